The molecule has 1 aromatic carbocycles. The number of rotatable bonds is 5. The van der Waals surface area contributed by atoms with E-state index in [1.54, 1.807) is 30.3 Å². The number of hydrogen-bond donors (Lipinski definition) is 2. The second-order valence-corrected chi connectivity index (χ2v) is 5.28. The van der Waals surface area contributed by atoms with Gasteiger partial charge in [-0.25, -0.2) is 4.98 Å². The average molecular weight is 324 g/mol. The molecule has 0 saturated carbocycles. The molecule has 2 aromatic rings. The first-order valence-corrected chi connectivity index (χ1v) is 7.32. The van der Waals surface area contributed by atoms with Gasteiger partial charge in [0.1, 0.15) is 5.82 Å². The van der Waals surface area contributed by atoms with Crippen molar-refractivity contribution < 1.29 is 4.79 Å². The zero-order valence-electron chi connectivity index (χ0n) is 11.5. The molecule has 0 unspecified atom stereocenters. The molecule has 0 radical (unpaired) electrons. The second kappa shape index (κ2) is 7.29. The normalized spacial score (nSPS) is 10.2. The van der Waals surface area contributed by atoms with Gasteiger partial charge in [0.25, 0.3) is 5.91 Å². The minimum absolute atomic E-state index is 0.284. The predicted molar refractivity (Wildman–Crippen MR) is 87.4 cm³/mol. The summed E-state index contributed by atoms with van der Waals surface area (Å²) >= 11 is 11.9. The van der Waals surface area contributed by atoms with Crippen LogP contribution >= 0.6 is 23.2 Å². The Labute approximate surface area is 133 Å². The molecule has 6 heteroatoms. The van der Waals surface area contributed by atoms with Crippen LogP contribution in [-0.4, -0.2) is 17.4 Å². The lowest BCUT2D eigenvalue weighted by Gasteiger charge is -2.08. The summed E-state index contributed by atoms with van der Waals surface area (Å²) < 4.78 is 0. The van der Waals surface area contributed by atoms with Crippen LogP contribution < -0.4 is 10.6 Å². The van der Waals surface area contributed by atoms with Gasteiger partial charge in [-0.3, -0.25) is 4.79 Å². The standard InChI is InChI=1S/C15H15Cl2N3O/c1-2-7-18-14-6-3-10(9-19-14)15(21)20-13-8-11(16)4-5-12(13)17/h3-6,8-9H,2,7H2,1H3,(H,18,19)(H,20,21). The molecule has 0 saturated heterocycles. The maximum atomic E-state index is 12.1. The van der Waals surface area contributed by atoms with Crippen LogP contribution in [0.3, 0.4) is 0 Å². The largest absolute Gasteiger partial charge is 0.370 e. The van der Waals surface area contributed by atoms with Gasteiger partial charge in [-0.1, -0.05) is 30.1 Å². The zero-order chi connectivity index (χ0) is 15.2. The number of benzene rings is 1. The van der Waals surface area contributed by atoms with Gasteiger partial charge < -0.3 is 10.6 Å². The Morgan fingerprint density at radius 1 is 1.24 bits per heavy atom. The fraction of sp³-hybridized carbons (Fsp3) is 0.200. The Balaban J connectivity index is 2.07. The van der Waals surface area contributed by atoms with Gasteiger partial charge in [0.05, 0.1) is 16.3 Å². The summed E-state index contributed by atoms with van der Waals surface area (Å²) in [6.07, 6.45) is 2.53. The van der Waals surface area contributed by atoms with Crippen LogP contribution in [0, 0.1) is 0 Å². The summed E-state index contributed by atoms with van der Waals surface area (Å²) in [6, 6.07) is 8.38. The Hall–Kier alpha value is -1.78. The van der Waals surface area contributed by atoms with Crippen LogP contribution in [0.25, 0.3) is 0 Å². The average Bonchev–Trinajstić information content (AvgIpc) is 2.49. The van der Waals surface area contributed by atoms with Gasteiger partial charge >= 0.3 is 0 Å². The first kappa shape index (κ1) is 15.6. The molecule has 0 aliphatic carbocycles. The third-order valence-electron chi connectivity index (χ3n) is 2.76. The fourth-order valence-electron chi connectivity index (χ4n) is 1.67. The van der Waals surface area contributed by atoms with E-state index >= 15 is 0 Å². The van der Waals surface area contributed by atoms with Crippen molar-refractivity contribution in [3.63, 3.8) is 0 Å². The first-order chi connectivity index (χ1) is 10.1. The number of anilines is 2. The van der Waals surface area contributed by atoms with Crippen molar-refractivity contribution >= 4 is 40.6 Å². The van der Waals surface area contributed by atoms with E-state index < -0.39 is 0 Å². The number of carbonyl (C=O) groups excluding carboxylic acids is 1. The molecule has 2 rings (SSSR count). The van der Waals surface area contributed by atoms with Crippen molar-refractivity contribution in [1.82, 2.24) is 4.98 Å². The summed E-state index contributed by atoms with van der Waals surface area (Å²) in [6.45, 7) is 2.92. The van der Waals surface area contributed by atoms with Gasteiger partial charge in [0.2, 0.25) is 0 Å². The zero-order valence-corrected chi connectivity index (χ0v) is 13.0. The first-order valence-electron chi connectivity index (χ1n) is 6.56. The van der Waals surface area contributed by atoms with E-state index in [1.807, 2.05) is 0 Å². The van der Waals surface area contributed by atoms with E-state index in [9.17, 15) is 4.79 Å². The fourth-order valence-corrected chi connectivity index (χ4v) is 2.01. The molecule has 0 atom stereocenters. The smallest absolute Gasteiger partial charge is 0.257 e. The van der Waals surface area contributed by atoms with Crippen molar-refractivity contribution in [2.45, 2.75) is 13.3 Å². The lowest BCUT2D eigenvalue weighted by molar-refractivity contribution is 0.102. The van der Waals surface area contributed by atoms with Crippen molar-refractivity contribution in [1.29, 1.82) is 0 Å². The molecule has 110 valence electrons. The molecule has 0 spiro atoms. The minimum atomic E-state index is -0.284. The van der Waals surface area contributed by atoms with Crippen LogP contribution in [0.4, 0.5) is 11.5 Å². The highest BCUT2D eigenvalue weighted by Gasteiger charge is 2.09. The third-order valence-corrected chi connectivity index (χ3v) is 3.32. The number of aromatic nitrogens is 1. The molecule has 1 amide bonds. The summed E-state index contributed by atoms with van der Waals surface area (Å²) in [5, 5.41) is 6.80. The molecular weight excluding hydrogens is 309 g/mol. The maximum absolute atomic E-state index is 12.1. The molecule has 1 aromatic heterocycles. The molecule has 0 aliphatic heterocycles. The van der Waals surface area contributed by atoms with E-state index in [0.29, 0.717) is 21.3 Å². The number of pyridine rings is 1. The topological polar surface area (TPSA) is 54.0 Å². The Kier molecular flexibility index (Phi) is 5.42. The van der Waals surface area contributed by atoms with E-state index in [0.717, 1.165) is 18.8 Å². The predicted octanol–water partition coefficient (Wildman–Crippen LogP) is 4.46. The summed E-state index contributed by atoms with van der Waals surface area (Å²) in [7, 11) is 0. The van der Waals surface area contributed by atoms with Gasteiger partial charge in [0, 0.05) is 17.8 Å². The number of amides is 1. The van der Waals surface area contributed by atoms with Crippen LogP contribution in [0.15, 0.2) is 36.5 Å². The minimum Gasteiger partial charge on any atom is -0.370 e. The molecule has 21 heavy (non-hydrogen) atoms. The number of nitrogens with one attached hydrogen (secondary N) is 2. The van der Waals surface area contributed by atoms with Gasteiger partial charge in [-0.15, -0.1) is 0 Å². The molecular formula is C15H15Cl2N3O. The number of halogens is 2. The number of carbonyl (C=O) groups is 1. The van der Waals surface area contributed by atoms with Crippen LogP contribution in [0.5, 0.6) is 0 Å². The SMILES string of the molecule is CCCNc1ccc(C(=O)Nc2cc(Cl)ccc2Cl)cn1. The molecule has 0 bridgehead atoms. The van der Waals surface area contributed by atoms with Crippen LogP contribution in [0.1, 0.15) is 23.7 Å². The summed E-state index contributed by atoms with van der Waals surface area (Å²) in [5.41, 5.74) is 0.926. The van der Waals surface area contributed by atoms with Crippen molar-refractivity contribution in [3.8, 4) is 0 Å². The lowest BCUT2D eigenvalue weighted by Crippen LogP contribution is -2.13. The van der Waals surface area contributed by atoms with E-state index in [4.69, 9.17) is 23.2 Å². The van der Waals surface area contributed by atoms with Crippen LogP contribution in [0.2, 0.25) is 10.0 Å². The lowest BCUT2D eigenvalue weighted by atomic mass is 10.2. The monoisotopic (exact) mass is 323 g/mol. The Morgan fingerprint density at radius 3 is 2.71 bits per heavy atom. The third kappa shape index (κ3) is 4.34. The van der Waals surface area contributed by atoms with Crippen molar-refractivity contribution in [2.24, 2.45) is 0 Å². The highest BCUT2D eigenvalue weighted by Crippen LogP contribution is 2.25. The second-order valence-electron chi connectivity index (χ2n) is 4.44. The molecule has 4 nitrogen and oxygen atoms in total. The van der Waals surface area contributed by atoms with Gasteiger partial charge in [-0.2, -0.15) is 0 Å². The molecule has 1 heterocycles. The highest BCUT2D eigenvalue weighted by molar-refractivity contribution is 6.35. The number of nitrogens with zero attached hydrogens (tertiary/aromatic N) is 1. The van der Waals surface area contributed by atoms with Crippen molar-refractivity contribution in [3.05, 3.63) is 52.1 Å². The van der Waals surface area contributed by atoms with E-state index in [2.05, 4.69) is 22.5 Å². The molecule has 0 aliphatic rings. The van der Waals surface area contributed by atoms with E-state index in [-0.39, 0.29) is 5.91 Å². The van der Waals surface area contributed by atoms with E-state index in [1.165, 1.54) is 6.20 Å². The molecule has 0 fully saturated rings. The maximum Gasteiger partial charge on any atom is 0.257 e. The summed E-state index contributed by atoms with van der Waals surface area (Å²) in [5.74, 6) is 0.461. The highest BCUT2D eigenvalue weighted by atomic mass is 35.5. The quantitative estimate of drug-likeness (QED) is 0.853. The Bertz CT molecular complexity index is 629. The Morgan fingerprint density at radius 2 is 2.05 bits per heavy atom. The van der Waals surface area contributed by atoms with Crippen LogP contribution in [-0.2, 0) is 0 Å². The van der Waals surface area contributed by atoms with Crippen molar-refractivity contribution in [2.75, 3.05) is 17.2 Å². The molecule has 2 N–H and O–H groups in total. The summed E-state index contributed by atoms with van der Waals surface area (Å²) in [4.78, 5) is 16.3. The number of hydrogen-bond acceptors (Lipinski definition) is 3. The van der Waals surface area contributed by atoms with Gasteiger partial charge in [-0.05, 0) is 36.8 Å². The van der Waals surface area contributed by atoms with Gasteiger partial charge in [0.15, 0.2) is 0 Å².